The van der Waals surface area contributed by atoms with E-state index in [2.05, 4.69) is 33.8 Å². The molecule has 0 unspecified atom stereocenters. The van der Waals surface area contributed by atoms with Crippen LogP contribution in [0, 0.1) is 24.2 Å². The predicted octanol–water partition coefficient (Wildman–Crippen LogP) is 3.85. The number of rotatable bonds is 3. The summed E-state index contributed by atoms with van der Waals surface area (Å²) in [6.07, 6.45) is 0.684. The van der Waals surface area contributed by atoms with Crippen molar-refractivity contribution in [3.63, 3.8) is 0 Å². The van der Waals surface area contributed by atoms with Crippen molar-refractivity contribution in [1.29, 1.82) is 0 Å². The van der Waals surface area contributed by atoms with E-state index in [1.807, 2.05) is 12.1 Å². The first-order valence-corrected chi connectivity index (χ1v) is 7.16. The normalized spacial score (nSPS) is 28.4. The molecule has 0 aromatic heterocycles. The lowest BCUT2D eigenvalue weighted by Crippen LogP contribution is -2.29. The van der Waals surface area contributed by atoms with Gasteiger partial charge in [0.2, 0.25) is 0 Å². The van der Waals surface area contributed by atoms with Crippen molar-refractivity contribution in [2.75, 3.05) is 7.11 Å². The van der Waals surface area contributed by atoms with Gasteiger partial charge in [0.05, 0.1) is 13.0 Å². The van der Waals surface area contributed by atoms with Gasteiger partial charge < -0.3 is 9.84 Å². The van der Waals surface area contributed by atoms with Gasteiger partial charge in [-0.3, -0.25) is 4.79 Å². The van der Waals surface area contributed by atoms with E-state index in [0.29, 0.717) is 12.3 Å². The predicted molar refractivity (Wildman–Crippen MR) is 79.2 cm³/mol. The first kappa shape index (κ1) is 14.9. The second kappa shape index (κ2) is 5.12. The Morgan fingerprint density at radius 1 is 1.40 bits per heavy atom. The second-order valence-electron chi connectivity index (χ2n) is 6.59. The maximum Gasteiger partial charge on any atom is 0.307 e. The Labute approximate surface area is 121 Å². The smallest absolute Gasteiger partial charge is 0.307 e. The number of ether oxygens (including phenoxy) is 1. The summed E-state index contributed by atoms with van der Waals surface area (Å²) in [5.41, 5.74) is 2.13. The lowest BCUT2D eigenvalue weighted by Gasteiger charge is -2.30. The van der Waals surface area contributed by atoms with Crippen LogP contribution in [0.4, 0.5) is 0 Å². The third-order valence-electron chi connectivity index (χ3n) is 5.25. The van der Waals surface area contributed by atoms with Crippen molar-refractivity contribution in [2.24, 2.45) is 17.3 Å². The minimum absolute atomic E-state index is 0.203. The first-order chi connectivity index (χ1) is 9.28. The average Bonchev–Trinajstić information content (AvgIpc) is 2.61. The van der Waals surface area contributed by atoms with E-state index in [1.165, 1.54) is 5.56 Å². The van der Waals surface area contributed by atoms with E-state index in [0.717, 1.165) is 11.3 Å². The monoisotopic (exact) mass is 276 g/mol. The molecular weight excluding hydrogens is 252 g/mol. The van der Waals surface area contributed by atoms with Gasteiger partial charge in [-0.1, -0.05) is 38.5 Å². The number of aryl methyl sites for hydroxylation is 1. The third kappa shape index (κ3) is 2.30. The molecular formula is C17H24O3. The molecule has 3 nitrogen and oxygen atoms in total. The molecule has 1 aliphatic rings. The van der Waals surface area contributed by atoms with Crippen LogP contribution in [0.1, 0.15) is 44.2 Å². The van der Waals surface area contributed by atoms with Gasteiger partial charge in [-0.15, -0.1) is 0 Å². The zero-order chi connectivity index (χ0) is 15.1. The fourth-order valence-electron chi connectivity index (χ4n) is 3.56. The fraction of sp³-hybridized carbons (Fsp3) is 0.588. The van der Waals surface area contributed by atoms with Crippen LogP contribution in [0.2, 0.25) is 0 Å². The van der Waals surface area contributed by atoms with E-state index < -0.39 is 5.97 Å². The third-order valence-corrected chi connectivity index (χ3v) is 5.25. The number of methoxy groups -OCH3 is 1. The van der Waals surface area contributed by atoms with Gasteiger partial charge in [-0.2, -0.15) is 0 Å². The van der Waals surface area contributed by atoms with Crippen LogP contribution in [0.15, 0.2) is 18.2 Å². The Bertz CT molecular complexity index is 519. The molecule has 2 rings (SSSR count). The number of benzene rings is 1. The van der Waals surface area contributed by atoms with E-state index in [4.69, 9.17) is 4.74 Å². The minimum atomic E-state index is -0.684. The van der Waals surface area contributed by atoms with Gasteiger partial charge in [0.25, 0.3) is 0 Å². The number of carboxylic acids is 1. The molecule has 0 bridgehead atoms. The van der Waals surface area contributed by atoms with Crippen LogP contribution in [-0.4, -0.2) is 18.2 Å². The van der Waals surface area contributed by atoms with Crippen LogP contribution in [0.25, 0.3) is 0 Å². The summed E-state index contributed by atoms with van der Waals surface area (Å²) in [4.78, 5) is 11.5. The van der Waals surface area contributed by atoms with Crippen molar-refractivity contribution in [1.82, 2.24) is 0 Å². The van der Waals surface area contributed by atoms with E-state index in [-0.39, 0.29) is 17.3 Å². The highest BCUT2D eigenvalue weighted by molar-refractivity contribution is 5.72. The van der Waals surface area contributed by atoms with Crippen molar-refractivity contribution < 1.29 is 14.6 Å². The van der Waals surface area contributed by atoms with Crippen molar-refractivity contribution in [2.45, 2.75) is 40.0 Å². The molecule has 0 amide bonds. The lowest BCUT2D eigenvalue weighted by atomic mass is 9.74. The molecule has 1 fully saturated rings. The highest BCUT2D eigenvalue weighted by atomic mass is 16.5. The molecule has 1 aliphatic carbocycles. The highest BCUT2D eigenvalue weighted by Crippen LogP contribution is 2.55. The molecule has 0 heterocycles. The van der Waals surface area contributed by atoms with Crippen LogP contribution in [0.5, 0.6) is 5.75 Å². The van der Waals surface area contributed by atoms with E-state index in [1.54, 1.807) is 7.11 Å². The Hall–Kier alpha value is -1.51. The Balaban J connectivity index is 2.44. The summed E-state index contributed by atoms with van der Waals surface area (Å²) < 4.78 is 5.48. The van der Waals surface area contributed by atoms with E-state index in [9.17, 15) is 9.90 Å². The van der Waals surface area contributed by atoms with Gasteiger partial charge >= 0.3 is 5.97 Å². The summed E-state index contributed by atoms with van der Waals surface area (Å²) in [5.74, 6) is 0.429. The Morgan fingerprint density at radius 2 is 2.05 bits per heavy atom. The first-order valence-electron chi connectivity index (χ1n) is 7.16. The fourth-order valence-corrected chi connectivity index (χ4v) is 3.56. The average molecular weight is 276 g/mol. The van der Waals surface area contributed by atoms with Crippen molar-refractivity contribution in [3.05, 3.63) is 29.3 Å². The zero-order valence-electron chi connectivity index (χ0n) is 12.9. The van der Waals surface area contributed by atoms with Crippen molar-refractivity contribution in [3.8, 4) is 5.75 Å². The number of carboxylic acid groups (broad SMARTS) is 1. The molecule has 1 aromatic carbocycles. The molecule has 3 heteroatoms. The van der Waals surface area contributed by atoms with Gasteiger partial charge in [-0.05, 0) is 42.2 Å². The largest absolute Gasteiger partial charge is 0.496 e. The van der Waals surface area contributed by atoms with Gasteiger partial charge in [-0.25, -0.2) is 0 Å². The molecule has 0 saturated heterocycles. The highest BCUT2D eigenvalue weighted by Gasteiger charge is 2.50. The zero-order valence-corrected chi connectivity index (χ0v) is 12.9. The van der Waals surface area contributed by atoms with Gasteiger partial charge in [0.15, 0.2) is 0 Å². The van der Waals surface area contributed by atoms with Crippen LogP contribution in [-0.2, 0) is 4.79 Å². The van der Waals surface area contributed by atoms with E-state index >= 15 is 0 Å². The molecule has 110 valence electrons. The van der Waals surface area contributed by atoms with Crippen LogP contribution >= 0.6 is 0 Å². The summed E-state index contributed by atoms with van der Waals surface area (Å²) in [5, 5.41) is 9.48. The topological polar surface area (TPSA) is 46.5 Å². The molecule has 0 spiro atoms. The molecule has 20 heavy (non-hydrogen) atoms. The van der Waals surface area contributed by atoms with Gasteiger partial charge in [0.1, 0.15) is 5.75 Å². The molecule has 0 aliphatic heterocycles. The number of carbonyl (C=O) groups is 1. The second-order valence-corrected chi connectivity index (χ2v) is 6.59. The van der Waals surface area contributed by atoms with Crippen molar-refractivity contribution >= 4 is 5.97 Å². The number of hydrogen-bond acceptors (Lipinski definition) is 2. The summed E-state index contributed by atoms with van der Waals surface area (Å²) >= 11 is 0. The summed E-state index contributed by atoms with van der Waals surface area (Å²) in [6.45, 7) is 8.36. The molecule has 3 atom stereocenters. The number of hydrogen-bond donors (Lipinski definition) is 1. The summed E-state index contributed by atoms with van der Waals surface area (Å²) in [6, 6.07) is 6.15. The Kier molecular flexibility index (Phi) is 3.81. The molecule has 0 radical (unpaired) electrons. The lowest BCUT2D eigenvalue weighted by molar-refractivity contribution is -0.145. The summed E-state index contributed by atoms with van der Waals surface area (Å²) in [7, 11) is 1.67. The Morgan fingerprint density at radius 3 is 2.55 bits per heavy atom. The maximum absolute atomic E-state index is 11.5. The van der Waals surface area contributed by atoms with Crippen LogP contribution in [0.3, 0.4) is 0 Å². The SMILES string of the molecule is COc1ccc(C)cc1[C@@H]1C[C@H](C(=O)O)C(C)(C)[C@H]1C. The molecule has 1 aromatic rings. The maximum atomic E-state index is 11.5. The number of aliphatic carboxylic acids is 1. The standard InChI is InChI=1S/C17H24O3/c1-10-6-7-15(20-5)13(8-10)12-9-14(16(18)19)17(3,4)11(12)2/h6-8,11-12,14H,9H2,1-5H3,(H,18,19)/t11-,12+,14+/m0/s1. The van der Waals surface area contributed by atoms with Gasteiger partial charge in [0, 0.05) is 0 Å². The quantitative estimate of drug-likeness (QED) is 0.912. The minimum Gasteiger partial charge on any atom is -0.496 e. The molecule has 1 N–H and O–H groups in total. The molecule has 1 saturated carbocycles. The van der Waals surface area contributed by atoms with Crippen LogP contribution < -0.4 is 4.74 Å².